The molecule has 0 saturated heterocycles. The van der Waals surface area contributed by atoms with Crippen LogP contribution in [0.4, 0.5) is 27.6 Å². The number of carbonyl (C=O) groups is 2. The third kappa shape index (κ3) is 5.33. The van der Waals surface area contributed by atoms with Gasteiger partial charge >= 0.3 is 12.1 Å². The summed E-state index contributed by atoms with van der Waals surface area (Å²) in [7, 11) is 0. The first-order valence-electron chi connectivity index (χ1n) is 10.6. The van der Waals surface area contributed by atoms with Gasteiger partial charge in [-0.05, 0) is 43.5 Å². The van der Waals surface area contributed by atoms with Crippen LogP contribution in [-0.4, -0.2) is 29.7 Å². The molecule has 11 heteroatoms. The predicted molar refractivity (Wildman–Crippen MR) is 119 cm³/mol. The Hall–Kier alpha value is -3.76. The summed E-state index contributed by atoms with van der Waals surface area (Å²) in [5.41, 5.74) is -3.99. The van der Waals surface area contributed by atoms with Crippen LogP contribution in [0, 0.1) is 17.0 Å². The monoisotopic (exact) mass is 495 g/mol. The number of amides is 1. The van der Waals surface area contributed by atoms with Gasteiger partial charge in [0.15, 0.2) is 0 Å². The second kappa shape index (κ2) is 9.85. The van der Waals surface area contributed by atoms with E-state index in [0.717, 1.165) is 30.8 Å². The Morgan fingerprint density at radius 1 is 1.14 bits per heavy atom. The zero-order chi connectivity index (χ0) is 26.0. The summed E-state index contributed by atoms with van der Waals surface area (Å²) in [4.78, 5) is 24.8. The maximum atomic E-state index is 15.0. The van der Waals surface area contributed by atoms with Crippen LogP contribution < -0.4 is 10.6 Å². The molecule has 0 unspecified atom stereocenters. The molecule has 1 saturated carbocycles. The molecular weight excluding hydrogens is 473 g/mol. The van der Waals surface area contributed by atoms with Crippen molar-refractivity contribution in [2.75, 3.05) is 11.9 Å². The predicted octanol–water partition coefficient (Wildman–Crippen LogP) is 5.34. The van der Waals surface area contributed by atoms with E-state index in [2.05, 4.69) is 10.6 Å². The molecule has 2 aromatic rings. The van der Waals surface area contributed by atoms with Gasteiger partial charge in [-0.2, -0.15) is 13.2 Å². The molecule has 186 valence electrons. The lowest BCUT2D eigenvalue weighted by Crippen LogP contribution is -2.29. The molecule has 0 radical (unpaired) electrons. The minimum Gasteiger partial charge on any atom is -0.478 e. The molecule has 0 spiro atoms. The Labute approximate surface area is 197 Å². The maximum Gasteiger partial charge on any atom is 0.416 e. The van der Waals surface area contributed by atoms with Gasteiger partial charge in [-0.1, -0.05) is 13.0 Å². The minimum absolute atomic E-state index is 0.0308. The first-order chi connectivity index (χ1) is 16.4. The van der Waals surface area contributed by atoms with E-state index in [-0.39, 0.29) is 35.2 Å². The fourth-order valence-electron chi connectivity index (χ4n) is 3.73. The summed E-state index contributed by atoms with van der Waals surface area (Å²) in [5.74, 6) is -4.51. The SMILES string of the molecule is CCCN/C=C(\C=N)c1c(F)cc(NC(=O)C2(c3ccc(C(F)(F)F)cc3F)CC2)cc1C(=O)O. The molecule has 6 nitrogen and oxygen atoms in total. The van der Waals surface area contributed by atoms with Gasteiger partial charge in [-0.3, -0.25) is 4.79 Å². The van der Waals surface area contributed by atoms with E-state index in [1.807, 2.05) is 6.92 Å². The summed E-state index contributed by atoms with van der Waals surface area (Å²) < 4.78 is 68.0. The lowest BCUT2D eigenvalue weighted by Gasteiger charge is -2.19. The highest BCUT2D eigenvalue weighted by atomic mass is 19.4. The minimum atomic E-state index is -4.75. The Balaban J connectivity index is 1.93. The number of hydrogen-bond acceptors (Lipinski definition) is 4. The Morgan fingerprint density at radius 3 is 2.34 bits per heavy atom. The van der Waals surface area contributed by atoms with Crippen molar-refractivity contribution in [2.45, 2.75) is 37.8 Å². The molecule has 1 aliphatic rings. The van der Waals surface area contributed by atoms with Gasteiger partial charge in [0.2, 0.25) is 5.91 Å². The number of carboxylic acid groups (broad SMARTS) is 1. The van der Waals surface area contributed by atoms with Crippen molar-refractivity contribution >= 4 is 29.4 Å². The van der Waals surface area contributed by atoms with Gasteiger partial charge in [0.05, 0.1) is 16.5 Å². The molecule has 1 aliphatic carbocycles. The summed E-state index contributed by atoms with van der Waals surface area (Å²) in [6, 6.07) is 3.78. The Morgan fingerprint density at radius 2 is 1.83 bits per heavy atom. The largest absolute Gasteiger partial charge is 0.478 e. The van der Waals surface area contributed by atoms with E-state index in [1.165, 1.54) is 6.20 Å². The second-order valence-electron chi connectivity index (χ2n) is 8.11. The van der Waals surface area contributed by atoms with E-state index in [1.54, 1.807) is 0 Å². The number of allylic oxidation sites excluding steroid dienone is 1. The van der Waals surface area contributed by atoms with E-state index in [0.29, 0.717) is 18.7 Å². The van der Waals surface area contributed by atoms with Gasteiger partial charge in [0.1, 0.15) is 11.6 Å². The fourth-order valence-corrected chi connectivity index (χ4v) is 3.73. The number of hydrogen-bond donors (Lipinski definition) is 4. The van der Waals surface area contributed by atoms with Crippen LogP contribution in [0.15, 0.2) is 36.5 Å². The highest BCUT2D eigenvalue weighted by Gasteiger charge is 2.53. The number of rotatable bonds is 9. The molecule has 35 heavy (non-hydrogen) atoms. The fraction of sp³-hybridized carbons (Fsp3) is 0.292. The molecule has 2 aromatic carbocycles. The molecular formula is C24H22F5N3O3. The lowest BCUT2D eigenvalue weighted by atomic mass is 9.92. The molecule has 4 N–H and O–H groups in total. The number of halogens is 5. The van der Waals surface area contributed by atoms with Crippen LogP contribution in [0.5, 0.6) is 0 Å². The lowest BCUT2D eigenvalue weighted by molar-refractivity contribution is -0.137. The van der Waals surface area contributed by atoms with Gasteiger partial charge < -0.3 is 21.1 Å². The number of nitrogens with one attached hydrogen (secondary N) is 3. The van der Waals surface area contributed by atoms with Gasteiger partial charge in [0, 0.05) is 41.3 Å². The van der Waals surface area contributed by atoms with Crippen LogP contribution in [-0.2, 0) is 16.4 Å². The normalized spacial score (nSPS) is 14.9. The Bertz CT molecular complexity index is 1200. The third-order valence-electron chi connectivity index (χ3n) is 5.67. The highest BCUT2D eigenvalue weighted by Crippen LogP contribution is 2.50. The summed E-state index contributed by atoms with van der Waals surface area (Å²) in [5, 5.41) is 22.3. The van der Waals surface area contributed by atoms with E-state index >= 15 is 0 Å². The van der Waals surface area contributed by atoms with E-state index in [9.17, 15) is 36.6 Å². The summed E-state index contributed by atoms with van der Waals surface area (Å²) in [6.45, 7) is 2.40. The van der Waals surface area contributed by atoms with Gasteiger partial charge in [-0.15, -0.1) is 0 Å². The van der Waals surface area contributed by atoms with Crippen molar-refractivity contribution in [2.24, 2.45) is 0 Å². The molecule has 0 atom stereocenters. The van der Waals surface area contributed by atoms with Crippen molar-refractivity contribution in [3.8, 4) is 0 Å². The van der Waals surface area contributed by atoms with Gasteiger partial charge in [-0.25, -0.2) is 13.6 Å². The molecule has 0 aromatic heterocycles. The molecule has 0 aliphatic heterocycles. The zero-order valence-electron chi connectivity index (χ0n) is 18.5. The maximum absolute atomic E-state index is 15.0. The van der Waals surface area contributed by atoms with Gasteiger partial charge in [0.25, 0.3) is 0 Å². The average Bonchev–Trinajstić information content (AvgIpc) is 3.58. The first kappa shape index (κ1) is 25.9. The number of carbonyl (C=O) groups excluding carboxylic acids is 1. The first-order valence-corrected chi connectivity index (χ1v) is 10.6. The number of anilines is 1. The van der Waals surface area contributed by atoms with Crippen LogP contribution in [0.3, 0.4) is 0 Å². The molecule has 3 rings (SSSR count). The average molecular weight is 495 g/mol. The Kier molecular flexibility index (Phi) is 7.27. The summed E-state index contributed by atoms with van der Waals surface area (Å²) >= 11 is 0. The van der Waals surface area contributed by atoms with Crippen LogP contribution in [0.1, 0.15) is 53.2 Å². The van der Waals surface area contributed by atoms with Crippen molar-refractivity contribution in [1.29, 1.82) is 5.41 Å². The second-order valence-corrected chi connectivity index (χ2v) is 8.11. The van der Waals surface area contributed by atoms with Crippen molar-refractivity contribution in [3.63, 3.8) is 0 Å². The summed E-state index contributed by atoms with van der Waals surface area (Å²) in [6.07, 6.45) is -1.61. The third-order valence-corrected chi connectivity index (χ3v) is 5.67. The number of benzene rings is 2. The molecule has 1 amide bonds. The van der Waals surface area contributed by atoms with Crippen LogP contribution in [0.25, 0.3) is 5.57 Å². The molecule has 0 bridgehead atoms. The smallest absolute Gasteiger partial charge is 0.416 e. The number of carboxylic acids is 1. The number of aromatic carboxylic acids is 1. The van der Waals surface area contributed by atoms with Crippen molar-refractivity contribution < 1.29 is 36.6 Å². The van der Waals surface area contributed by atoms with Crippen LogP contribution in [0.2, 0.25) is 0 Å². The van der Waals surface area contributed by atoms with E-state index < -0.39 is 46.2 Å². The number of alkyl halides is 3. The molecule has 1 fully saturated rings. The van der Waals surface area contributed by atoms with Crippen molar-refractivity contribution in [3.05, 3.63) is 70.4 Å². The zero-order valence-corrected chi connectivity index (χ0v) is 18.5. The highest BCUT2D eigenvalue weighted by molar-refractivity contribution is 6.13. The van der Waals surface area contributed by atoms with Crippen LogP contribution >= 0.6 is 0 Å². The van der Waals surface area contributed by atoms with Crippen molar-refractivity contribution in [1.82, 2.24) is 5.32 Å². The quantitative estimate of drug-likeness (QED) is 0.214. The standard InChI is InChI=1S/C24H22F5N3O3/c1-2-7-31-12-13(11-30)20-16(21(33)34)9-15(10-19(20)26)32-22(35)23(5-6-23)17-4-3-14(8-18(17)25)24(27,28)29/h3-4,8-12,30-31H,2,5-7H2,1H3,(H,32,35)(H,33,34)/b13-12+,30-11?. The topological polar surface area (TPSA) is 102 Å². The molecule has 0 heterocycles. The van der Waals surface area contributed by atoms with E-state index in [4.69, 9.17) is 5.41 Å².